The number of carbonyl (C=O) groups excluding carboxylic acids is 1. The molecule has 0 fully saturated rings. The van der Waals surface area contributed by atoms with Crippen LogP contribution in [0.3, 0.4) is 0 Å². The Morgan fingerprint density at radius 2 is 1.60 bits per heavy atom. The Morgan fingerprint density at radius 1 is 0.900 bits per heavy atom. The van der Waals surface area contributed by atoms with Gasteiger partial charge in [0.1, 0.15) is 19.4 Å². The van der Waals surface area contributed by atoms with Gasteiger partial charge in [-0.3, -0.25) is 4.79 Å². The van der Waals surface area contributed by atoms with E-state index in [0.29, 0.717) is 11.8 Å². The fourth-order valence-corrected chi connectivity index (χ4v) is 3.15. The van der Waals surface area contributed by atoms with Crippen molar-refractivity contribution in [3.8, 4) is 11.1 Å². The Hall–Kier alpha value is -3.73. The van der Waals surface area contributed by atoms with Gasteiger partial charge in [-0.1, -0.05) is 83.1 Å². The molecule has 152 valence electrons. The minimum atomic E-state index is 0.219. The lowest BCUT2D eigenvalue weighted by atomic mass is 9.99. The van der Waals surface area contributed by atoms with Gasteiger partial charge in [0.15, 0.2) is 6.29 Å². The van der Waals surface area contributed by atoms with Gasteiger partial charge in [-0.05, 0) is 36.1 Å². The number of benzene rings is 3. The van der Waals surface area contributed by atoms with E-state index in [2.05, 4.69) is 34.6 Å². The summed E-state index contributed by atoms with van der Waals surface area (Å²) in [6.07, 6.45) is 0.671. The highest BCUT2D eigenvalue weighted by Crippen LogP contribution is 2.20. The molecule has 0 aliphatic rings. The maximum absolute atomic E-state index is 11.4. The first-order chi connectivity index (χ1) is 14.6. The van der Waals surface area contributed by atoms with Crippen molar-refractivity contribution >= 4 is 17.7 Å². The van der Waals surface area contributed by atoms with Crippen molar-refractivity contribution in [2.75, 3.05) is 7.11 Å². The minimum Gasteiger partial charge on any atom is -0.399 e. The minimum absolute atomic E-state index is 0.219. The Morgan fingerprint density at radius 3 is 2.27 bits per heavy atom. The van der Waals surface area contributed by atoms with E-state index >= 15 is 0 Å². The highest BCUT2D eigenvalue weighted by molar-refractivity contribution is 6.36. The zero-order chi connectivity index (χ0) is 21.3. The van der Waals surface area contributed by atoms with Crippen molar-refractivity contribution in [2.45, 2.75) is 20.5 Å². The molecule has 0 saturated heterocycles. The van der Waals surface area contributed by atoms with Crippen LogP contribution in [0.1, 0.15) is 29.2 Å². The summed E-state index contributed by atoms with van der Waals surface area (Å²) in [5, 5.41) is 8.06. The summed E-state index contributed by atoms with van der Waals surface area (Å²) in [4.78, 5) is 21.8. The number of rotatable bonds is 8. The first-order valence-corrected chi connectivity index (χ1v) is 9.61. The summed E-state index contributed by atoms with van der Waals surface area (Å²) in [6, 6.07) is 24.1. The number of carbonyl (C=O) groups is 1. The maximum Gasteiger partial charge on any atom is 0.172 e. The molecule has 0 aromatic heterocycles. The first kappa shape index (κ1) is 21.0. The molecule has 0 radical (unpaired) electrons. The number of hydrogen-bond acceptors (Lipinski definition) is 5. The molecular weight excluding hydrogens is 376 g/mol. The van der Waals surface area contributed by atoms with Gasteiger partial charge in [0, 0.05) is 11.1 Å². The molecule has 0 spiro atoms. The second kappa shape index (κ2) is 10.2. The molecule has 0 aliphatic carbocycles. The molecule has 0 bridgehead atoms. The van der Waals surface area contributed by atoms with E-state index < -0.39 is 0 Å². The van der Waals surface area contributed by atoms with Crippen molar-refractivity contribution in [3.63, 3.8) is 0 Å². The molecule has 0 unspecified atom stereocenters. The van der Waals surface area contributed by atoms with Crippen molar-refractivity contribution < 1.29 is 14.5 Å². The fourth-order valence-electron chi connectivity index (χ4n) is 3.15. The fraction of sp³-hybridized carbons (Fsp3) is 0.160. The van der Waals surface area contributed by atoms with Crippen LogP contribution in [0.2, 0.25) is 0 Å². The molecule has 0 aliphatic heterocycles. The topological polar surface area (TPSA) is 60.2 Å². The maximum atomic E-state index is 11.4. The first-order valence-electron chi connectivity index (χ1n) is 9.61. The van der Waals surface area contributed by atoms with Gasteiger partial charge < -0.3 is 9.68 Å². The zero-order valence-electron chi connectivity index (χ0n) is 17.3. The molecule has 0 amide bonds. The molecule has 0 atom stereocenters. The lowest BCUT2D eigenvalue weighted by Gasteiger charge is -2.11. The summed E-state index contributed by atoms with van der Waals surface area (Å²) >= 11 is 0. The molecule has 3 aromatic carbocycles. The number of aldehydes is 1. The highest BCUT2D eigenvalue weighted by atomic mass is 16.6. The van der Waals surface area contributed by atoms with Crippen molar-refractivity contribution in [3.05, 3.63) is 95.1 Å². The van der Waals surface area contributed by atoms with Crippen molar-refractivity contribution in [1.29, 1.82) is 0 Å². The highest BCUT2D eigenvalue weighted by Gasteiger charge is 2.12. The van der Waals surface area contributed by atoms with Crippen LogP contribution in [0.25, 0.3) is 11.1 Å². The molecular formula is C25H24N2O3. The van der Waals surface area contributed by atoms with Gasteiger partial charge in [0.25, 0.3) is 0 Å². The van der Waals surface area contributed by atoms with Gasteiger partial charge >= 0.3 is 0 Å². The monoisotopic (exact) mass is 400 g/mol. The third kappa shape index (κ3) is 5.00. The molecule has 0 saturated carbocycles. The van der Waals surface area contributed by atoms with E-state index in [4.69, 9.17) is 9.68 Å². The van der Waals surface area contributed by atoms with Crippen molar-refractivity contribution in [1.82, 2.24) is 0 Å². The second-order valence-electron chi connectivity index (χ2n) is 6.77. The quantitative estimate of drug-likeness (QED) is 0.298. The molecule has 30 heavy (non-hydrogen) atoms. The Labute approximate surface area is 176 Å². The zero-order valence-corrected chi connectivity index (χ0v) is 17.3. The standard InChI is InChI=1S/C25H24N2O3/c1-18-8-7-11-23(25(16-28)27-29-3)24(18)17-30-26-19(2)20-12-14-22(15-13-20)21-9-5-4-6-10-21/h4-16H,17H2,1-3H3/b26-19+,27-25-. The molecule has 5 heteroatoms. The molecule has 3 aromatic rings. The summed E-state index contributed by atoms with van der Waals surface area (Å²) in [5.74, 6) is 0. The van der Waals surface area contributed by atoms with Crippen LogP contribution < -0.4 is 0 Å². The van der Waals surface area contributed by atoms with Crippen LogP contribution in [0.5, 0.6) is 0 Å². The van der Waals surface area contributed by atoms with Gasteiger partial charge in [0.2, 0.25) is 0 Å². The third-order valence-electron chi connectivity index (χ3n) is 4.81. The Balaban J connectivity index is 1.74. The summed E-state index contributed by atoms with van der Waals surface area (Å²) in [5.41, 5.74) is 6.79. The number of oxime groups is 2. The van der Waals surface area contributed by atoms with Crippen LogP contribution >= 0.6 is 0 Å². The predicted octanol–water partition coefficient (Wildman–Crippen LogP) is 5.15. The molecule has 5 nitrogen and oxygen atoms in total. The van der Waals surface area contributed by atoms with Crippen molar-refractivity contribution in [2.24, 2.45) is 10.3 Å². The second-order valence-corrected chi connectivity index (χ2v) is 6.77. The molecule has 0 heterocycles. The van der Waals surface area contributed by atoms with Crippen LogP contribution in [0, 0.1) is 6.92 Å². The summed E-state index contributed by atoms with van der Waals surface area (Å²) < 4.78 is 0. The van der Waals surface area contributed by atoms with Gasteiger partial charge in [-0.25, -0.2) is 0 Å². The Kier molecular flexibility index (Phi) is 7.11. The van der Waals surface area contributed by atoms with E-state index in [0.717, 1.165) is 28.0 Å². The SMILES string of the molecule is CO/N=C(/C=O)c1cccc(C)c1CO/N=C(\C)c1ccc(-c2ccccc2)cc1. The normalized spacial score (nSPS) is 11.8. The van der Waals surface area contributed by atoms with E-state index in [9.17, 15) is 4.79 Å². The number of nitrogens with zero attached hydrogens (tertiary/aromatic N) is 2. The summed E-state index contributed by atoms with van der Waals surface area (Å²) in [7, 11) is 1.41. The average molecular weight is 400 g/mol. The smallest absolute Gasteiger partial charge is 0.172 e. The molecule has 3 rings (SSSR count). The lowest BCUT2D eigenvalue weighted by Crippen LogP contribution is -2.09. The average Bonchev–Trinajstić information content (AvgIpc) is 2.79. The van der Waals surface area contributed by atoms with Gasteiger partial charge in [-0.2, -0.15) is 0 Å². The van der Waals surface area contributed by atoms with Gasteiger partial charge in [-0.15, -0.1) is 0 Å². The molecule has 0 N–H and O–H groups in total. The summed E-state index contributed by atoms with van der Waals surface area (Å²) in [6.45, 7) is 4.08. The van der Waals surface area contributed by atoms with Gasteiger partial charge in [0.05, 0.1) is 5.71 Å². The Bertz CT molecular complexity index is 1060. The third-order valence-corrected chi connectivity index (χ3v) is 4.81. The van der Waals surface area contributed by atoms with E-state index in [1.807, 2.05) is 62.4 Å². The lowest BCUT2D eigenvalue weighted by molar-refractivity contribution is -0.102. The van der Waals surface area contributed by atoms with E-state index in [1.165, 1.54) is 12.7 Å². The predicted molar refractivity (Wildman–Crippen MR) is 120 cm³/mol. The van der Waals surface area contributed by atoms with Crippen LogP contribution in [0.4, 0.5) is 0 Å². The number of aryl methyl sites for hydroxylation is 1. The van der Waals surface area contributed by atoms with E-state index in [1.54, 1.807) is 0 Å². The van der Waals surface area contributed by atoms with Crippen LogP contribution in [0.15, 0.2) is 83.1 Å². The largest absolute Gasteiger partial charge is 0.399 e. The number of hydrogen-bond donors (Lipinski definition) is 0. The van der Waals surface area contributed by atoms with E-state index in [-0.39, 0.29) is 12.3 Å². The van der Waals surface area contributed by atoms with Crippen LogP contribution in [-0.2, 0) is 21.1 Å². The van der Waals surface area contributed by atoms with Crippen LogP contribution in [-0.4, -0.2) is 24.8 Å².